The largest absolute Gasteiger partial charge is 0.494 e. The van der Waals surface area contributed by atoms with E-state index in [1.165, 1.54) is 0 Å². The van der Waals surface area contributed by atoms with Crippen molar-refractivity contribution >= 4 is 15.7 Å². The summed E-state index contributed by atoms with van der Waals surface area (Å²) in [5.74, 6) is 0.732. The minimum Gasteiger partial charge on any atom is -0.494 e. The maximum atomic E-state index is 12.3. The van der Waals surface area contributed by atoms with Crippen molar-refractivity contribution in [1.82, 2.24) is 0 Å². The van der Waals surface area contributed by atoms with Gasteiger partial charge in [-0.1, -0.05) is 25.1 Å². The van der Waals surface area contributed by atoms with Gasteiger partial charge >= 0.3 is 0 Å². The molecule has 1 N–H and O–H groups in total. The van der Waals surface area contributed by atoms with E-state index >= 15 is 0 Å². The normalized spacial score (nSPS) is 11.1. The van der Waals surface area contributed by atoms with Crippen molar-refractivity contribution in [3.63, 3.8) is 0 Å². The number of hydrogen-bond donors (Lipinski definition) is 1. The third-order valence-corrected chi connectivity index (χ3v) is 4.50. The van der Waals surface area contributed by atoms with Crippen LogP contribution < -0.4 is 9.46 Å². The number of benzene rings is 2. The van der Waals surface area contributed by atoms with Gasteiger partial charge in [0.15, 0.2) is 0 Å². The van der Waals surface area contributed by atoms with Gasteiger partial charge in [0, 0.05) is 5.69 Å². The second-order valence-corrected chi connectivity index (χ2v) is 6.39. The van der Waals surface area contributed by atoms with Crippen molar-refractivity contribution in [3.05, 3.63) is 54.1 Å². The first-order valence-electron chi connectivity index (χ1n) is 6.84. The van der Waals surface area contributed by atoms with E-state index in [9.17, 15) is 8.42 Å². The van der Waals surface area contributed by atoms with Gasteiger partial charge < -0.3 is 4.74 Å². The van der Waals surface area contributed by atoms with Gasteiger partial charge in [0.1, 0.15) is 5.75 Å². The molecule has 5 heteroatoms. The van der Waals surface area contributed by atoms with Crippen molar-refractivity contribution in [2.24, 2.45) is 0 Å². The Morgan fingerprint density at radius 1 is 1.05 bits per heavy atom. The highest BCUT2D eigenvalue weighted by molar-refractivity contribution is 7.92. The number of nitrogens with one attached hydrogen (secondary N) is 1. The highest BCUT2D eigenvalue weighted by Crippen LogP contribution is 2.21. The van der Waals surface area contributed by atoms with Crippen molar-refractivity contribution in [1.29, 1.82) is 0 Å². The number of hydrogen-bond acceptors (Lipinski definition) is 3. The van der Waals surface area contributed by atoms with Crippen molar-refractivity contribution in [2.75, 3.05) is 11.3 Å². The Labute approximate surface area is 125 Å². The van der Waals surface area contributed by atoms with Crippen LogP contribution in [0.15, 0.2) is 53.4 Å². The SMILES string of the molecule is CCCOc1ccc(NS(=O)(=O)c2ccccc2C)cc1. The lowest BCUT2D eigenvalue weighted by Gasteiger charge is -2.11. The van der Waals surface area contributed by atoms with E-state index in [1.807, 2.05) is 13.0 Å². The van der Waals surface area contributed by atoms with Crippen LogP contribution in [0.5, 0.6) is 5.75 Å². The molecule has 0 aliphatic rings. The van der Waals surface area contributed by atoms with E-state index in [0.29, 0.717) is 17.9 Å². The predicted molar refractivity (Wildman–Crippen MR) is 84.2 cm³/mol. The van der Waals surface area contributed by atoms with Gasteiger partial charge in [0.05, 0.1) is 11.5 Å². The molecule has 0 heterocycles. The Bertz CT molecular complexity index is 694. The molecule has 0 atom stereocenters. The van der Waals surface area contributed by atoms with Gasteiger partial charge in [0.25, 0.3) is 10.0 Å². The lowest BCUT2D eigenvalue weighted by atomic mass is 10.2. The number of anilines is 1. The maximum Gasteiger partial charge on any atom is 0.262 e. The Morgan fingerprint density at radius 2 is 1.71 bits per heavy atom. The van der Waals surface area contributed by atoms with Crippen molar-refractivity contribution < 1.29 is 13.2 Å². The molecule has 2 aromatic rings. The lowest BCUT2D eigenvalue weighted by molar-refractivity contribution is 0.317. The zero-order valence-corrected chi connectivity index (χ0v) is 13.0. The molecule has 4 nitrogen and oxygen atoms in total. The minimum atomic E-state index is -3.56. The van der Waals surface area contributed by atoms with Crippen molar-refractivity contribution in [2.45, 2.75) is 25.2 Å². The summed E-state index contributed by atoms with van der Waals surface area (Å²) in [5, 5.41) is 0. The van der Waals surface area contributed by atoms with E-state index in [2.05, 4.69) is 4.72 Å². The summed E-state index contributed by atoms with van der Waals surface area (Å²) >= 11 is 0. The zero-order valence-electron chi connectivity index (χ0n) is 12.2. The Balaban J connectivity index is 2.16. The van der Waals surface area contributed by atoms with Crippen LogP contribution >= 0.6 is 0 Å². The fraction of sp³-hybridized carbons (Fsp3) is 0.250. The van der Waals surface area contributed by atoms with Gasteiger partial charge in [-0.05, 0) is 49.2 Å². The first-order chi connectivity index (χ1) is 10.0. The molecule has 0 unspecified atom stereocenters. The third-order valence-electron chi connectivity index (χ3n) is 2.96. The van der Waals surface area contributed by atoms with Crippen LogP contribution in [0.3, 0.4) is 0 Å². The first kappa shape index (κ1) is 15.4. The fourth-order valence-electron chi connectivity index (χ4n) is 1.91. The molecule has 112 valence electrons. The molecule has 0 spiro atoms. The van der Waals surface area contributed by atoms with Crippen LogP contribution in [-0.2, 0) is 10.0 Å². The van der Waals surface area contributed by atoms with Gasteiger partial charge in [0.2, 0.25) is 0 Å². The second kappa shape index (κ2) is 6.63. The minimum absolute atomic E-state index is 0.288. The summed E-state index contributed by atoms with van der Waals surface area (Å²) < 4.78 is 32.7. The van der Waals surface area contributed by atoms with Gasteiger partial charge in [-0.25, -0.2) is 8.42 Å². The smallest absolute Gasteiger partial charge is 0.262 e. The molecule has 0 aromatic heterocycles. The Morgan fingerprint density at radius 3 is 2.33 bits per heavy atom. The molecule has 0 aliphatic carbocycles. The summed E-state index contributed by atoms with van der Waals surface area (Å²) in [5.41, 5.74) is 1.23. The molecule has 21 heavy (non-hydrogen) atoms. The molecule has 2 rings (SSSR count). The average molecular weight is 305 g/mol. The molecule has 0 saturated heterocycles. The van der Waals surface area contributed by atoms with Crippen LogP contribution in [0.2, 0.25) is 0 Å². The van der Waals surface area contributed by atoms with E-state index in [4.69, 9.17) is 4.74 Å². The molecular formula is C16H19NO3S. The maximum absolute atomic E-state index is 12.3. The monoisotopic (exact) mass is 305 g/mol. The van der Waals surface area contributed by atoms with Crippen molar-refractivity contribution in [3.8, 4) is 5.75 Å². The van der Waals surface area contributed by atoms with Gasteiger partial charge in [-0.3, -0.25) is 4.72 Å². The summed E-state index contributed by atoms with van der Waals surface area (Å²) in [4.78, 5) is 0.288. The van der Waals surface area contributed by atoms with E-state index in [1.54, 1.807) is 49.4 Å². The van der Waals surface area contributed by atoms with E-state index in [0.717, 1.165) is 12.2 Å². The molecule has 2 aromatic carbocycles. The standard InChI is InChI=1S/C16H19NO3S/c1-3-12-20-15-10-8-14(9-11-15)17-21(18,19)16-7-5-4-6-13(16)2/h4-11,17H,3,12H2,1-2H3. The summed E-state index contributed by atoms with van der Waals surface area (Å²) in [6.07, 6.45) is 0.932. The van der Waals surface area contributed by atoms with E-state index < -0.39 is 10.0 Å². The Kier molecular flexibility index (Phi) is 4.85. The molecule has 0 saturated carbocycles. The number of ether oxygens (including phenoxy) is 1. The molecule has 0 bridgehead atoms. The molecule has 0 fully saturated rings. The van der Waals surface area contributed by atoms with Crippen LogP contribution in [0.1, 0.15) is 18.9 Å². The zero-order chi connectivity index (χ0) is 15.3. The van der Waals surface area contributed by atoms with Crippen LogP contribution in [-0.4, -0.2) is 15.0 Å². The third kappa shape index (κ3) is 3.98. The number of sulfonamides is 1. The first-order valence-corrected chi connectivity index (χ1v) is 8.32. The fourth-order valence-corrected chi connectivity index (χ4v) is 3.21. The average Bonchev–Trinajstić information content (AvgIpc) is 2.46. The van der Waals surface area contributed by atoms with Crippen LogP contribution in [0, 0.1) is 6.92 Å². The lowest BCUT2D eigenvalue weighted by Crippen LogP contribution is -2.14. The van der Waals surface area contributed by atoms with Gasteiger partial charge in [-0.15, -0.1) is 0 Å². The second-order valence-electron chi connectivity index (χ2n) is 4.74. The highest BCUT2D eigenvalue weighted by Gasteiger charge is 2.16. The molecule has 0 radical (unpaired) electrons. The number of rotatable bonds is 6. The summed E-state index contributed by atoms with van der Waals surface area (Å²) in [6.45, 7) is 4.45. The van der Waals surface area contributed by atoms with Gasteiger partial charge in [-0.2, -0.15) is 0 Å². The number of aryl methyl sites for hydroxylation is 1. The quantitative estimate of drug-likeness (QED) is 0.887. The summed E-state index contributed by atoms with van der Waals surface area (Å²) in [7, 11) is -3.56. The Hall–Kier alpha value is -2.01. The molecule has 0 aliphatic heterocycles. The molecule has 0 amide bonds. The van der Waals surface area contributed by atoms with E-state index in [-0.39, 0.29) is 4.90 Å². The van der Waals surface area contributed by atoms with Crippen LogP contribution in [0.25, 0.3) is 0 Å². The van der Waals surface area contributed by atoms with Crippen LogP contribution in [0.4, 0.5) is 5.69 Å². The highest BCUT2D eigenvalue weighted by atomic mass is 32.2. The topological polar surface area (TPSA) is 55.4 Å². The summed E-state index contributed by atoms with van der Waals surface area (Å²) in [6, 6.07) is 13.8. The predicted octanol–water partition coefficient (Wildman–Crippen LogP) is 3.58. The molecular weight excluding hydrogens is 286 g/mol.